The second kappa shape index (κ2) is 11.0. The van der Waals surface area contributed by atoms with E-state index in [1.165, 1.54) is 7.11 Å². The minimum atomic E-state index is -0.981. The number of rotatable bonds is 3. The fourth-order valence-corrected chi connectivity index (χ4v) is 0.118. The number of hydrogen-bond acceptors (Lipinski definition) is 3. The Morgan fingerprint density at radius 2 is 2.20 bits per heavy atom. The summed E-state index contributed by atoms with van der Waals surface area (Å²) < 4.78 is 0. The van der Waals surface area contributed by atoms with Crippen LogP contribution in [0, 0.1) is 0 Å². The molecule has 0 bridgehead atoms. The van der Waals surface area contributed by atoms with E-state index in [4.69, 9.17) is 5.11 Å². The molecule has 0 saturated carbocycles. The van der Waals surface area contributed by atoms with Crippen molar-refractivity contribution in [2.75, 3.05) is 13.7 Å². The first-order valence-electron chi connectivity index (χ1n) is 2.70. The third-order valence-corrected chi connectivity index (χ3v) is 0.410. The third kappa shape index (κ3) is 27.3. The maximum absolute atomic E-state index is 9.25. The average Bonchev–Trinajstić information content (AvgIpc) is 1.91. The molecule has 0 spiro atoms. The summed E-state index contributed by atoms with van der Waals surface area (Å²) in [7, 11) is 1.49. The van der Waals surface area contributed by atoms with Crippen molar-refractivity contribution in [1.29, 1.82) is 0 Å². The molecule has 0 radical (unpaired) electrons. The molecule has 0 aliphatic heterocycles. The molecule has 4 heteroatoms. The lowest BCUT2D eigenvalue weighted by molar-refractivity contribution is -0.268. The van der Waals surface area contributed by atoms with Crippen molar-refractivity contribution in [3.05, 3.63) is 12.7 Å². The Morgan fingerprint density at radius 3 is 2.20 bits per heavy atom. The predicted octanol–water partition coefficient (Wildman–Crippen LogP) is 0.841. The van der Waals surface area contributed by atoms with Crippen LogP contribution in [0.25, 0.3) is 0 Å². The van der Waals surface area contributed by atoms with Gasteiger partial charge in [-0.15, -0.1) is 0 Å². The summed E-state index contributed by atoms with van der Waals surface area (Å²) in [6.07, 6.45) is 0.833. The summed E-state index contributed by atoms with van der Waals surface area (Å²) in [6.45, 7) is 5.45. The predicted molar refractivity (Wildman–Crippen MR) is 36.5 cm³/mol. The molecule has 0 aliphatic carbocycles. The van der Waals surface area contributed by atoms with Crippen LogP contribution in [-0.2, 0) is 14.6 Å². The molecule has 0 fully saturated rings. The van der Waals surface area contributed by atoms with E-state index >= 15 is 0 Å². The summed E-state index contributed by atoms with van der Waals surface area (Å²) in [5.74, 6) is -0.981. The van der Waals surface area contributed by atoms with Crippen LogP contribution < -0.4 is 0 Å². The Morgan fingerprint density at radius 1 is 1.80 bits per heavy atom. The van der Waals surface area contributed by atoms with Gasteiger partial charge in [0.15, 0.2) is 0 Å². The van der Waals surface area contributed by atoms with E-state index < -0.39 is 5.97 Å². The van der Waals surface area contributed by atoms with E-state index in [1.54, 1.807) is 0 Å². The molecule has 0 amide bonds. The van der Waals surface area contributed by atoms with Gasteiger partial charge in [0.1, 0.15) is 0 Å². The largest absolute Gasteiger partial charge is 0.478 e. The van der Waals surface area contributed by atoms with Crippen LogP contribution in [0.3, 0.4) is 0 Å². The average molecular weight is 148 g/mol. The Bertz CT molecular complexity index is 87.7. The van der Waals surface area contributed by atoms with Crippen LogP contribution in [0.15, 0.2) is 12.7 Å². The molecule has 0 rings (SSSR count). The molecule has 0 atom stereocenters. The van der Waals surface area contributed by atoms with Gasteiger partial charge in [-0.3, -0.25) is 0 Å². The summed E-state index contributed by atoms with van der Waals surface area (Å²) in [5, 5.41) is 7.60. The van der Waals surface area contributed by atoms with Gasteiger partial charge in [0.25, 0.3) is 0 Å². The van der Waals surface area contributed by atoms with Gasteiger partial charge in [-0.05, 0) is 6.92 Å². The van der Waals surface area contributed by atoms with Crippen LogP contribution >= 0.6 is 0 Å². The maximum atomic E-state index is 9.25. The van der Waals surface area contributed by atoms with E-state index in [0.29, 0.717) is 6.61 Å². The molecular formula is C6H12O4. The van der Waals surface area contributed by atoms with Gasteiger partial charge in [-0.1, -0.05) is 6.58 Å². The van der Waals surface area contributed by atoms with Crippen molar-refractivity contribution in [3.8, 4) is 0 Å². The molecule has 0 aromatic rings. The fraction of sp³-hybridized carbons (Fsp3) is 0.500. The van der Waals surface area contributed by atoms with Gasteiger partial charge in [0, 0.05) is 6.08 Å². The molecule has 0 saturated heterocycles. The SMILES string of the molecule is C=CC(=O)O.CCOOC. The number of hydrogen-bond donors (Lipinski definition) is 1. The van der Waals surface area contributed by atoms with Crippen LogP contribution in [0.1, 0.15) is 6.92 Å². The van der Waals surface area contributed by atoms with E-state index in [1.807, 2.05) is 6.92 Å². The zero-order valence-electron chi connectivity index (χ0n) is 6.16. The van der Waals surface area contributed by atoms with E-state index in [-0.39, 0.29) is 0 Å². The highest BCUT2D eigenvalue weighted by atomic mass is 17.2. The first kappa shape index (κ1) is 11.9. The minimum absolute atomic E-state index is 0.622. The van der Waals surface area contributed by atoms with E-state index in [0.717, 1.165) is 6.08 Å². The minimum Gasteiger partial charge on any atom is -0.478 e. The Hall–Kier alpha value is -0.870. The van der Waals surface area contributed by atoms with Gasteiger partial charge in [-0.25, -0.2) is 14.6 Å². The monoisotopic (exact) mass is 148 g/mol. The fourth-order valence-electron chi connectivity index (χ4n) is 0.118. The topological polar surface area (TPSA) is 55.8 Å². The first-order valence-corrected chi connectivity index (χ1v) is 2.70. The number of carboxylic acids is 1. The standard InChI is InChI=1S/C3H8O2.C3H4O2/c1-3-5-4-2;1-2-3(4)5/h3H2,1-2H3;2H,1H2,(H,4,5). The molecule has 0 aliphatic rings. The molecule has 0 aromatic heterocycles. The van der Waals surface area contributed by atoms with E-state index in [2.05, 4.69) is 16.4 Å². The lowest BCUT2D eigenvalue weighted by Crippen LogP contribution is -1.83. The molecular weight excluding hydrogens is 136 g/mol. The van der Waals surface area contributed by atoms with Crippen molar-refractivity contribution in [1.82, 2.24) is 0 Å². The van der Waals surface area contributed by atoms with Crippen molar-refractivity contribution in [3.63, 3.8) is 0 Å². The van der Waals surface area contributed by atoms with Crippen LogP contribution in [-0.4, -0.2) is 24.8 Å². The summed E-state index contributed by atoms with van der Waals surface area (Å²) in [4.78, 5) is 17.8. The third-order valence-electron chi connectivity index (χ3n) is 0.410. The Balaban J connectivity index is 0. The lowest BCUT2D eigenvalue weighted by atomic mass is 10.7. The number of carbonyl (C=O) groups is 1. The van der Waals surface area contributed by atoms with Gasteiger partial charge in [0.2, 0.25) is 0 Å². The van der Waals surface area contributed by atoms with Crippen molar-refractivity contribution in [2.45, 2.75) is 6.92 Å². The molecule has 60 valence electrons. The molecule has 0 heterocycles. The highest BCUT2D eigenvalue weighted by molar-refractivity contribution is 5.78. The normalized spacial score (nSPS) is 7.40. The summed E-state index contributed by atoms with van der Waals surface area (Å²) in [6, 6.07) is 0. The first-order chi connectivity index (χ1) is 4.68. The molecule has 1 N–H and O–H groups in total. The van der Waals surface area contributed by atoms with Crippen molar-refractivity contribution >= 4 is 5.97 Å². The Labute approximate surface area is 60.0 Å². The van der Waals surface area contributed by atoms with Gasteiger partial charge >= 0.3 is 5.97 Å². The van der Waals surface area contributed by atoms with Crippen LogP contribution in [0.2, 0.25) is 0 Å². The molecule has 0 unspecified atom stereocenters. The number of carboxylic acid groups (broad SMARTS) is 1. The van der Waals surface area contributed by atoms with Gasteiger partial charge in [0.05, 0.1) is 13.7 Å². The second-order valence-electron chi connectivity index (χ2n) is 1.12. The highest BCUT2D eigenvalue weighted by Gasteiger charge is 1.73. The summed E-state index contributed by atoms with van der Waals surface area (Å²) in [5.41, 5.74) is 0. The summed E-state index contributed by atoms with van der Waals surface area (Å²) >= 11 is 0. The molecule has 4 nitrogen and oxygen atoms in total. The van der Waals surface area contributed by atoms with Crippen LogP contribution in [0.5, 0.6) is 0 Å². The second-order valence-corrected chi connectivity index (χ2v) is 1.12. The quantitative estimate of drug-likeness (QED) is 0.366. The van der Waals surface area contributed by atoms with E-state index in [9.17, 15) is 4.79 Å². The lowest BCUT2D eigenvalue weighted by Gasteiger charge is -1.86. The zero-order valence-corrected chi connectivity index (χ0v) is 6.16. The van der Waals surface area contributed by atoms with Crippen LogP contribution in [0.4, 0.5) is 0 Å². The molecule has 10 heavy (non-hydrogen) atoms. The number of aliphatic carboxylic acids is 1. The van der Waals surface area contributed by atoms with Crippen molar-refractivity contribution < 1.29 is 19.7 Å². The zero-order chi connectivity index (χ0) is 8.41. The van der Waals surface area contributed by atoms with Crippen molar-refractivity contribution in [2.24, 2.45) is 0 Å². The molecule has 0 aromatic carbocycles. The highest BCUT2D eigenvalue weighted by Crippen LogP contribution is 1.64. The smallest absolute Gasteiger partial charge is 0.327 e. The van der Waals surface area contributed by atoms with Gasteiger partial charge < -0.3 is 5.11 Å². The van der Waals surface area contributed by atoms with Gasteiger partial charge in [-0.2, -0.15) is 0 Å². The maximum Gasteiger partial charge on any atom is 0.327 e. The Kier molecular flexibility index (Phi) is 13.1.